The van der Waals surface area contributed by atoms with Crippen LogP contribution >= 0.6 is 11.6 Å². The lowest BCUT2D eigenvalue weighted by Crippen LogP contribution is -2.16. The first-order chi connectivity index (χ1) is 5.30. The van der Waals surface area contributed by atoms with Crippen LogP contribution in [-0.2, 0) is 14.2 Å². The van der Waals surface area contributed by atoms with E-state index in [0.717, 1.165) is 26.4 Å². The number of alkyl halides is 1. The highest BCUT2D eigenvalue weighted by atomic mass is 35.5. The number of rotatable bonds is 0. The van der Waals surface area contributed by atoms with Gasteiger partial charge in [0.05, 0.1) is 32.5 Å². The third kappa shape index (κ3) is 4.58. The molecule has 2 aliphatic rings. The molecule has 0 radical (unpaired) electrons. The molecule has 2 aliphatic heterocycles. The Morgan fingerprint density at radius 1 is 1.09 bits per heavy atom. The average Bonchev–Trinajstić information content (AvgIpc) is 2.69. The number of ether oxygens (including phenoxy) is 3. The van der Waals surface area contributed by atoms with Crippen molar-refractivity contribution in [3.63, 3.8) is 0 Å². The van der Waals surface area contributed by atoms with E-state index < -0.39 is 0 Å². The van der Waals surface area contributed by atoms with Crippen LogP contribution in [0.3, 0.4) is 0 Å². The molecule has 66 valence electrons. The minimum absolute atomic E-state index is 0.0231. The van der Waals surface area contributed by atoms with Crippen molar-refractivity contribution >= 4 is 11.6 Å². The van der Waals surface area contributed by atoms with Crippen molar-refractivity contribution < 1.29 is 14.2 Å². The van der Waals surface area contributed by atoms with Crippen LogP contribution in [0.25, 0.3) is 0 Å². The Hall–Kier alpha value is 0.170. The van der Waals surface area contributed by atoms with Crippen LogP contribution in [0.2, 0.25) is 0 Å². The number of epoxide rings is 1. The molecular formula is C7H13ClO3. The summed E-state index contributed by atoms with van der Waals surface area (Å²) in [6.07, 6.45) is 0.316. The van der Waals surface area contributed by atoms with E-state index in [1.165, 1.54) is 0 Å². The van der Waals surface area contributed by atoms with E-state index in [2.05, 4.69) is 4.74 Å². The minimum Gasteiger partial charge on any atom is -0.377 e. The predicted octanol–water partition coefficient (Wildman–Crippen LogP) is 1.00. The summed E-state index contributed by atoms with van der Waals surface area (Å²) in [5.41, 5.74) is 0.0231. The van der Waals surface area contributed by atoms with Gasteiger partial charge in [0.15, 0.2) is 5.56 Å². The molecule has 0 aromatic carbocycles. The van der Waals surface area contributed by atoms with E-state index in [4.69, 9.17) is 21.1 Å². The lowest BCUT2D eigenvalue weighted by molar-refractivity contribution is -0.0334. The van der Waals surface area contributed by atoms with Crippen molar-refractivity contribution in [1.29, 1.82) is 0 Å². The highest BCUT2D eigenvalue weighted by Crippen LogP contribution is 2.23. The Morgan fingerprint density at radius 3 is 1.45 bits per heavy atom. The molecule has 11 heavy (non-hydrogen) atoms. The Morgan fingerprint density at radius 2 is 1.36 bits per heavy atom. The maximum atomic E-state index is 5.31. The molecule has 0 spiro atoms. The third-order valence-corrected chi connectivity index (χ3v) is 1.84. The fraction of sp³-hybridized carbons (Fsp3) is 1.00. The van der Waals surface area contributed by atoms with Crippen molar-refractivity contribution in [3.8, 4) is 0 Å². The highest BCUT2D eigenvalue weighted by molar-refractivity contribution is 6.21. The number of halogens is 1. The molecule has 2 heterocycles. The van der Waals surface area contributed by atoms with E-state index in [0.29, 0.717) is 6.10 Å². The number of hydrogen-bond donors (Lipinski definition) is 0. The lowest BCUT2D eigenvalue weighted by Gasteiger charge is -2.09. The van der Waals surface area contributed by atoms with Crippen LogP contribution < -0.4 is 0 Å². The minimum atomic E-state index is 0.0231. The smallest absolute Gasteiger partial charge is 0.157 e. The van der Waals surface area contributed by atoms with Gasteiger partial charge in [0.25, 0.3) is 0 Å². The maximum Gasteiger partial charge on any atom is 0.157 e. The fourth-order valence-corrected chi connectivity index (χ4v) is 0.762. The summed E-state index contributed by atoms with van der Waals surface area (Å²) in [5, 5.41) is 0. The normalized spacial score (nSPS) is 35.5. The summed E-state index contributed by atoms with van der Waals surface area (Å²) in [6, 6.07) is 0. The highest BCUT2D eigenvalue weighted by Gasteiger charge is 2.30. The zero-order valence-corrected chi connectivity index (χ0v) is 7.34. The molecule has 3 nitrogen and oxygen atoms in total. The summed E-state index contributed by atoms with van der Waals surface area (Å²) in [7, 11) is 0. The van der Waals surface area contributed by atoms with Crippen molar-refractivity contribution in [2.75, 3.05) is 26.4 Å². The predicted molar refractivity (Wildman–Crippen MR) is 41.8 cm³/mol. The molecule has 2 fully saturated rings. The van der Waals surface area contributed by atoms with Crippen molar-refractivity contribution in [2.24, 2.45) is 0 Å². The van der Waals surface area contributed by atoms with Gasteiger partial charge < -0.3 is 14.2 Å². The molecule has 0 bridgehead atoms. The first kappa shape index (κ1) is 9.26. The van der Waals surface area contributed by atoms with Gasteiger partial charge in [-0.25, -0.2) is 0 Å². The van der Waals surface area contributed by atoms with E-state index in [-0.39, 0.29) is 5.56 Å². The van der Waals surface area contributed by atoms with Gasteiger partial charge in [-0.2, -0.15) is 0 Å². The molecule has 2 atom stereocenters. The van der Waals surface area contributed by atoms with E-state index in [1.807, 2.05) is 6.92 Å². The molecule has 0 saturated carbocycles. The lowest BCUT2D eigenvalue weighted by atomic mass is 10.6. The van der Waals surface area contributed by atoms with Crippen molar-refractivity contribution in [1.82, 2.24) is 0 Å². The van der Waals surface area contributed by atoms with Crippen molar-refractivity contribution in [3.05, 3.63) is 0 Å². The Labute approximate surface area is 71.6 Å². The first-order valence-electron chi connectivity index (χ1n) is 3.76. The fourth-order valence-electron chi connectivity index (χ4n) is 0.600. The van der Waals surface area contributed by atoms with Crippen LogP contribution in [-0.4, -0.2) is 38.1 Å². The molecular weight excluding hydrogens is 168 g/mol. The maximum absolute atomic E-state index is 5.31. The van der Waals surface area contributed by atoms with Crippen molar-refractivity contribution in [2.45, 2.75) is 18.6 Å². The monoisotopic (exact) mass is 180 g/mol. The molecule has 2 unspecified atom stereocenters. The summed E-state index contributed by atoms with van der Waals surface area (Å²) in [6.45, 7) is 5.05. The Kier molecular flexibility index (Phi) is 4.15. The van der Waals surface area contributed by atoms with Gasteiger partial charge in [0.2, 0.25) is 0 Å². The summed E-state index contributed by atoms with van der Waals surface area (Å²) >= 11 is 5.31. The molecule has 2 saturated heterocycles. The van der Waals surface area contributed by atoms with E-state index >= 15 is 0 Å². The van der Waals surface area contributed by atoms with Gasteiger partial charge in [-0.15, -0.1) is 0 Å². The zero-order chi connectivity index (χ0) is 8.10. The average molecular weight is 181 g/mol. The van der Waals surface area contributed by atoms with Crippen LogP contribution in [0.1, 0.15) is 6.92 Å². The molecule has 0 amide bonds. The second-order valence-corrected chi connectivity index (χ2v) is 2.85. The van der Waals surface area contributed by atoms with Gasteiger partial charge in [0, 0.05) is 0 Å². The molecule has 0 aromatic rings. The van der Waals surface area contributed by atoms with Gasteiger partial charge in [-0.3, -0.25) is 0 Å². The summed E-state index contributed by atoms with van der Waals surface area (Å²) < 4.78 is 14.6. The molecule has 0 aromatic heterocycles. The van der Waals surface area contributed by atoms with Gasteiger partial charge in [-0.05, 0) is 6.92 Å². The largest absolute Gasteiger partial charge is 0.377 e. The topological polar surface area (TPSA) is 31.0 Å². The number of hydrogen-bond acceptors (Lipinski definition) is 3. The second kappa shape index (κ2) is 4.93. The Bertz CT molecular complexity index is 88.3. The van der Waals surface area contributed by atoms with Crippen LogP contribution in [0.15, 0.2) is 0 Å². The SMILES string of the molecule is C1COCCO1.CC1OC1Cl. The molecule has 4 heteroatoms. The van der Waals surface area contributed by atoms with Gasteiger partial charge in [0.1, 0.15) is 0 Å². The van der Waals surface area contributed by atoms with Gasteiger partial charge in [-0.1, -0.05) is 11.6 Å². The van der Waals surface area contributed by atoms with Crippen LogP contribution in [0.5, 0.6) is 0 Å². The van der Waals surface area contributed by atoms with Crippen LogP contribution in [0.4, 0.5) is 0 Å². The van der Waals surface area contributed by atoms with Crippen LogP contribution in [0, 0.1) is 0 Å². The molecule has 2 rings (SSSR count). The molecule has 0 aliphatic carbocycles. The Balaban J connectivity index is 0.000000112. The second-order valence-electron chi connectivity index (χ2n) is 2.42. The van der Waals surface area contributed by atoms with E-state index in [9.17, 15) is 0 Å². The standard InChI is InChI=1S/C4H8O2.C3H5ClO/c1-2-6-4-3-5-1;1-2-3(4)5-2/h1-4H2;2-3H,1H3. The first-order valence-corrected chi connectivity index (χ1v) is 4.19. The zero-order valence-electron chi connectivity index (χ0n) is 6.59. The van der Waals surface area contributed by atoms with Gasteiger partial charge >= 0.3 is 0 Å². The molecule has 0 N–H and O–H groups in total. The summed E-state index contributed by atoms with van der Waals surface area (Å²) in [5.74, 6) is 0. The van der Waals surface area contributed by atoms with E-state index in [1.54, 1.807) is 0 Å². The quantitative estimate of drug-likeness (QED) is 0.412. The summed E-state index contributed by atoms with van der Waals surface area (Å²) in [4.78, 5) is 0. The third-order valence-electron chi connectivity index (χ3n) is 1.38.